The lowest BCUT2D eigenvalue weighted by atomic mass is 9.75. The topological polar surface area (TPSA) is 50.9 Å². The normalized spacial score (nSPS) is 21.4. The molecule has 0 radical (unpaired) electrons. The van der Waals surface area contributed by atoms with Crippen LogP contribution in [-0.4, -0.2) is 19.9 Å². The maximum atomic E-state index is 10.3. The van der Waals surface area contributed by atoms with Gasteiger partial charge in [0, 0.05) is 17.5 Å². The molecule has 102 valence electrons. The zero-order chi connectivity index (χ0) is 13.6. The molecule has 2 aromatic rings. The van der Waals surface area contributed by atoms with Gasteiger partial charge < -0.3 is 5.11 Å². The van der Waals surface area contributed by atoms with Crippen LogP contribution in [0.3, 0.4) is 0 Å². The molecule has 3 rings (SSSR count). The van der Waals surface area contributed by atoms with Crippen LogP contribution in [0.4, 0.5) is 0 Å². The Morgan fingerprint density at radius 3 is 2.95 bits per heavy atom. The third kappa shape index (κ3) is 2.21. The number of hydrogen-bond donors (Lipinski definition) is 1. The summed E-state index contributed by atoms with van der Waals surface area (Å²) in [6, 6.07) is 2.02. The molecule has 0 bridgehead atoms. The molecule has 0 amide bonds. The zero-order valence-corrected chi connectivity index (χ0v) is 12.4. The Labute approximate surface area is 117 Å². The molecule has 1 N–H and O–H groups in total. The summed E-state index contributed by atoms with van der Waals surface area (Å²) in [4.78, 5) is 0. The lowest BCUT2D eigenvalue weighted by molar-refractivity contribution is 0.0987. The summed E-state index contributed by atoms with van der Waals surface area (Å²) in [5.41, 5.74) is 2.36. The van der Waals surface area contributed by atoms with Gasteiger partial charge in [-0.2, -0.15) is 0 Å². The second-order valence-electron chi connectivity index (χ2n) is 5.98. The Bertz CT molecular complexity index is 600. The fraction of sp³-hybridized carbons (Fsp3) is 0.571. The highest BCUT2D eigenvalue weighted by Crippen LogP contribution is 2.41. The molecule has 0 aromatic carbocycles. The van der Waals surface area contributed by atoms with Crippen molar-refractivity contribution in [2.75, 3.05) is 0 Å². The van der Waals surface area contributed by atoms with Gasteiger partial charge in [-0.15, -0.1) is 10.2 Å². The number of aliphatic hydroxyl groups excluding tert-OH is 1. The molecule has 0 saturated heterocycles. The molecule has 0 saturated carbocycles. The van der Waals surface area contributed by atoms with Crippen molar-refractivity contribution in [3.63, 3.8) is 0 Å². The summed E-state index contributed by atoms with van der Waals surface area (Å²) < 4.78 is 2.09. The molecular formula is C14H19N3OS. The molecule has 0 spiro atoms. The van der Waals surface area contributed by atoms with Gasteiger partial charge in [-0.05, 0) is 30.7 Å². The van der Waals surface area contributed by atoms with Crippen molar-refractivity contribution in [1.29, 1.82) is 0 Å². The molecule has 5 heteroatoms. The minimum atomic E-state index is -0.362. The predicted molar refractivity (Wildman–Crippen MR) is 75.7 cm³/mol. The van der Waals surface area contributed by atoms with E-state index in [2.05, 4.69) is 35.5 Å². The van der Waals surface area contributed by atoms with Crippen molar-refractivity contribution in [1.82, 2.24) is 14.8 Å². The van der Waals surface area contributed by atoms with E-state index in [4.69, 9.17) is 0 Å². The van der Waals surface area contributed by atoms with Crippen LogP contribution < -0.4 is 0 Å². The van der Waals surface area contributed by atoms with Gasteiger partial charge in [0.25, 0.3) is 0 Å². The number of rotatable bonds is 2. The molecule has 2 aromatic heterocycles. The molecule has 1 atom stereocenters. The molecule has 0 fully saturated rings. The third-order valence-electron chi connectivity index (χ3n) is 3.74. The Kier molecular flexibility index (Phi) is 2.98. The Morgan fingerprint density at radius 2 is 2.26 bits per heavy atom. The first-order valence-electron chi connectivity index (χ1n) is 6.71. The van der Waals surface area contributed by atoms with Crippen LogP contribution in [0, 0.1) is 5.41 Å². The van der Waals surface area contributed by atoms with Crippen molar-refractivity contribution in [3.8, 4) is 5.13 Å². The highest BCUT2D eigenvalue weighted by molar-refractivity contribution is 7.13. The molecule has 1 aliphatic rings. The standard InChI is InChI=1S/C14H19N3OS/c1-4-12-15-16-13(19-12)17-6-5-9-10(17)7-14(2,3)8-11(9)18/h5-6,11,18H,4,7-8H2,1-3H3. The first-order valence-corrected chi connectivity index (χ1v) is 7.53. The summed E-state index contributed by atoms with van der Waals surface area (Å²) in [5, 5.41) is 20.7. The van der Waals surface area contributed by atoms with E-state index in [-0.39, 0.29) is 11.5 Å². The van der Waals surface area contributed by atoms with E-state index in [1.165, 1.54) is 5.69 Å². The average molecular weight is 277 g/mol. The minimum absolute atomic E-state index is 0.126. The SMILES string of the molecule is CCc1nnc(-n2ccc3c2CC(C)(C)CC3O)s1. The van der Waals surface area contributed by atoms with E-state index in [9.17, 15) is 5.11 Å². The molecule has 1 aliphatic carbocycles. The number of hydrogen-bond acceptors (Lipinski definition) is 4. The largest absolute Gasteiger partial charge is 0.388 e. The van der Waals surface area contributed by atoms with Gasteiger partial charge in [-0.1, -0.05) is 32.1 Å². The zero-order valence-electron chi connectivity index (χ0n) is 11.6. The highest BCUT2D eigenvalue weighted by atomic mass is 32.1. The second-order valence-corrected chi connectivity index (χ2v) is 7.02. The Morgan fingerprint density at radius 1 is 1.47 bits per heavy atom. The molecule has 0 aliphatic heterocycles. The minimum Gasteiger partial charge on any atom is -0.388 e. The fourth-order valence-electron chi connectivity index (χ4n) is 2.79. The molecular weight excluding hydrogens is 258 g/mol. The van der Waals surface area contributed by atoms with Gasteiger partial charge in [0.2, 0.25) is 5.13 Å². The van der Waals surface area contributed by atoms with Crippen molar-refractivity contribution in [2.24, 2.45) is 5.41 Å². The van der Waals surface area contributed by atoms with Gasteiger partial charge >= 0.3 is 0 Å². The van der Waals surface area contributed by atoms with E-state index < -0.39 is 0 Å². The summed E-state index contributed by atoms with van der Waals surface area (Å²) in [6.45, 7) is 6.49. The van der Waals surface area contributed by atoms with E-state index in [1.54, 1.807) is 11.3 Å². The van der Waals surface area contributed by atoms with Crippen LogP contribution in [0.15, 0.2) is 12.3 Å². The monoisotopic (exact) mass is 277 g/mol. The van der Waals surface area contributed by atoms with Crippen LogP contribution in [0.5, 0.6) is 0 Å². The number of fused-ring (bicyclic) bond motifs is 1. The van der Waals surface area contributed by atoms with E-state index in [0.717, 1.165) is 35.0 Å². The van der Waals surface area contributed by atoms with E-state index >= 15 is 0 Å². The summed E-state index contributed by atoms with van der Waals surface area (Å²) >= 11 is 1.62. The number of nitrogens with zero attached hydrogens (tertiary/aromatic N) is 3. The summed E-state index contributed by atoms with van der Waals surface area (Å²) in [7, 11) is 0. The number of aromatic nitrogens is 3. The first kappa shape index (κ1) is 12.8. The first-order chi connectivity index (χ1) is 9.00. The molecule has 19 heavy (non-hydrogen) atoms. The van der Waals surface area contributed by atoms with Gasteiger partial charge in [0.15, 0.2) is 0 Å². The second kappa shape index (κ2) is 4.42. The van der Waals surface area contributed by atoms with Crippen molar-refractivity contribution < 1.29 is 5.11 Å². The number of aryl methyl sites for hydroxylation is 1. The van der Waals surface area contributed by atoms with Gasteiger partial charge in [0.1, 0.15) is 5.01 Å². The molecule has 4 nitrogen and oxygen atoms in total. The highest BCUT2D eigenvalue weighted by Gasteiger charge is 2.33. The Balaban J connectivity index is 2.05. The maximum Gasteiger partial charge on any atom is 0.216 e. The smallest absolute Gasteiger partial charge is 0.216 e. The predicted octanol–water partition coefficient (Wildman–Crippen LogP) is 2.90. The van der Waals surface area contributed by atoms with Crippen LogP contribution >= 0.6 is 11.3 Å². The van der Waals surface area contributed by atoms with Crippen LogP contribution in [0.2, 0.25) is 0 Å². The van der Waals surface area contributed by atoms with Crippen molar-refractivity contribution in [2.45, 2.75) is 46.1 Å². The maximum absolute atomic E-state index is 10.3. The quantitative estimate of drug-likeness (QED) is 0.918. The van der Waals surface area contributed by atoms with Crippen LogP contribution in [0.25, 0.3) is 5.13 Å². The summed E-state index contributed by atoms with van der Waals surface area (Å²) in [5.74, 6) is 0. The van der Waals surface area contributed by atoms with Crippen molar-refractivity contribution >= 4 is 11.3 Å². The van der Waals surface area contributed by atoms with Gasteiger partial charge in [-0.25, -0.2) is 0 Å². The average Bonchev–Trinajstić information content (AvgIpc) is 2.92. The summed E-state index contributed by atoms with van der Waals surface area (Å²) in [6.07, 6.45) is 4.34. The van der Waals surface area contributed by atoms with E-state index in [0.29, 0.717) is 0 Å². The third-order valence-corrected chi connectivity index (χ3v) is 4.81. The fourth-order valence-corrected chi connectivity index (χ4v) is 3.58. The van der Waals surface area contributed by atoms with Crippen molar-refractivity contribution in [3.05, 3.63) is 28.5 Å². The van der Waals surface area contributed by atoms with Crippen LogP contribution in [0.1, 0.15) is 49.6 Å². The van der Waals surface area contributed by atoms with Crippen LogP contribution in [-0.2, 0) is 12.8 Å². The molecule has 1 unspecified atom stereocenters. The van der Waals surface area contributed by atoms with Gasteiger partial charge in [0.05, 0.1) is 6.10 Å². The van der Waals surface area contributed by atoms with Gasteiger partial charge in [-0.3, -0.25) is 4.57 Å². The lowest BCUT2D eigenvalue weighted by Gasteiger charge is -2.33. The van der Waals surface area contributed by atoms with E-state index in [1.807, 2.05) is 12.3 Å². The molecule has 2 heterocycles. The number of aliphatic hydroxyl groups is 1. The lowest BCUT2D eigenvalue weighted by Crippen LogP contribution is -2.26. The Hall–Kier alpha value is -1.20.